The summed E-state index contributed by atoms with van der Waals surface area (Å²) in [4.78, 5) is 20.5. The number of amides is 1. The van der Waals surface area contributed by atoms with E-state index in [1.54, 1.807) is 5.38 Å². The van der Waals surface area contributed by atoms with E-state index in [0.29, 0.717) is 35.4 Å². The quantitative estimate of drug-likeness (QED) is 0.783. The molecule has 1 N–H and O–H groups in total. The molecule has 7 heteroatoms. The van der Waals surface area contributed by atoms with Crippen LogP contribution in [0.2, 0.25) is 0 Å². The zero-order valence-corrected chi connectivity index (χ0v) is 12.8. The molecule has 6 nitrogen and oxygen atoms in total. The van der Waals surface area contributed by atoms with Crippen LogP contribution >= 0.6 is 11.3 Å². The molecule has 22 heavy (non-hydrogen) atoms. The molecule has 2 aromatic heterocycles. The molecule has 1 aromatic carbocycles. The first-order valence-electron chi connectivity index (χ1n) is 6.87. The number of thiazole rings is 1. The second-order valence-electron chi connectivity index (χ2n) is 4.58. The predicted octanol–water partition coefficient (Wildman–Crippen LogP) is 2.69. The van der Waals surface area contributed by atoms with Crippen molar-refractivity contribution in [2.75, 3.05) is 0 Å². The molecule has 0 aliphatic rings. The largest absolute Gasteiger partial charge is 0.346 e. The topological polar surface area (TPSA) is 80.9 Å². The van der Waals surface area contributed by atoms with Crippen LogP contribution in [0.4, 0.5) is 0 Å². The number of hydrogen-bond donors (Lipinski definition) is 1. The molecule has 0 aliphatic carbocycles. The number of carbonyl (C=O) groups is 1. The third-order valence-corrected chi connectivity index (χ3v) is 3.84. The number of aromatic nitrogens is 3. The lowest BCUT2D eigenvalue weighted by atomic mass is 10.2. The SMILES string of the molecule is CCc1noc(-c2csc(C(=O)NCc3ccccc3)n2)n1. The van der Waals surface area contributed by atoms with E-state index in [-0.39, 0.29) is 5.91 Å². The van der Waals surface area contributed by atoms with Crippen LogP contribution in [-0.2, 0) is 13.0 Å². The average molecular weight is 314 g/mol. The first-order valence-corrected chi connectivity index (χ1v) is 7.75. The maximum atomic E-state index is 12.1. The number of carbonyl (C=O) groups excluding carboxylic acids is 1. The lowest BCUT2D eigenvalue weighted by Gasteiger charge is -2.02. The molecular formula is C15H14N4O2S. The third-order valence-electron chi connectivity index (χ3n) is 3.00. The van der Waals surface area contributed by atoms with Crippen molar-refractivity contribution in [3.63, 3.8) is 0 Å². The molecule has 0 atom stereocenters. The summed E-state index contributed by atoms with van der Waals surface area (Å²) < 4.78 is 5.12. The number of nitrogens with one attached hydrogen (secondary N) is 1. The number of hydrogen-bond acceptors (Lipinski definition) is 6. The van der Waals surface area contributed by atoms with E-state index in [9.17, 15) is 4.79 Å². The van der Waals surface area contributed by atoms with Crippen LogP contribution in [0.15, 0.2) is 40.2 Å². The summed E-state index contributed by atoms with van der Waals surface area (Å²) >= 11 is 1.25. The van der Waals surface area contributed by atoms with Crippen molar-refractivity contribution in [2.45, 2.75) is 19.9 Å². The Balaban J connectivity index is 1.66. The van der Waals surface area contributed by atoms with Gasteiger partial charge in [0.15, 0.2) is 10.8 Å². The molecule has 0 bridgehead atoms. The standard InChI is InChI=1S/C15H14N4O2S/c1-2-12-18-14(21-19-12)11-9-22-15(17-11)13(20)16-8-10-6-4-3-5-7-10/h3-7,9H,2,8H2,1H3,(H,16,20). The highest BCUT2D eigenvalue weighted by Gasteiger charge is 2.15. The van der Waals surface area contributed by atoms with E-state index >= 15 is 0 Å². The fourth-order valence-corrected chi connectivity index (χ4v) is 2.54. The van der Waals surface area contributed by atoms with Crippen LogP contribution in [0.1, 0.15) is 28.1 Å². The second kappa shape index (κ2) is 6.48. The summed E-state index contributed by atoms with van der Waals surface area (Å²) in [6.07, 6.45) is 0.693. The van der Waals surface area contributed by atoms with Crippen molar-refractivity contribution in [3.8, 4) is 11.6 Å². The maximum Gasteiger partial charge on any atom is 0.280 e. The minimum absolute atomic E-state index is 0.213. The number of benzene rings is 1. The minimum atomic E-state index is -0.213. The Hall–Kier alpha value is -2.54. The van der Waals surface area contributed by atoms with E-state index in [1.807, 2.05) is 37.3 Å². The van der Waals surface area contributed by atoms with Gasteiger partial charge in [-0.05, 0) is 5.56 Å². The Morgan fingerprint density at radius 3 is 2.82 bits per heavy atom. The third kappa shape index (κ3) is 3.20. The first-order chi connectivity index (χ1) is 10.8. The van der Waals surface area contributed by atoms with Gasteiger partial charge < -0.3 is 9.84 Å². The zero-order valence-electron chi connectivity index (χ0n) is 11.9. The number of nitrogens with zero attached hydrogens (tertiary/aromatic N) is 3. The van der Waals surface area contributed by atoms with Gasteiger partial charge >= 0.3 is 0 Å². The van der Waals surface area contributed by atoms with Gasteiger partial charge in [0.1, 0.15) is 5.69 Å². The second-order valence-corrected chi connectivity index (χ2v) is 5.43. The van der Waals surface area contributed by atoms with Crippen LogP contribution in [-0.4, -0.2) is 21.0 Å². The summed E-state index contributed by atoms with van der Waals surface area (Å²) in [6, 6.07) is 9.72. The van der Waals surface area contributed by atoms with E-state index in [4.69, 9.17) is 4.52 Å². The molecule has 1 amide bonds. The van der Waals surface area contributed by atoms with Gasteiger partial charge in [0, 0.05) is 18.3 Å². The highest BCUT2D eigenvalue weighted by atomic mass is 32.1. The smallest absolute Gasteiger partial charge is 0.280 e. The van der Waals surface area contributed by atoms with Gasteiger partial charge in [-0.3, -0.25) is 4.79 Å². The Morgan fingerprint density at radius 1 is 1.27 bits per heavy atom. The summed E-state index contributed by atoms with van der Waals surface area (Å²) in [7, 11) is 0. The summed E-state index contributed by atoms with van der Waals surface area (Å²) in [5.74, 6) is 0.753. The Kier molecular flexibility index (Phi) is 4.24. The normalized spacial score (nSPS) is 10.6. The molecule has 0 aliphatic heterocycles. The van der Waals surface area contributed by atoms with Crippen LogP contribution in [0.25, 0.3) is 11.6 Å². The van der Waals surface area contributed by atoms with Gasteiger partial charge in [0.2, 0.25) is 0 Å². The molecule has 112 valence electrons. The number of rotatable bonds is 5. The Bertz CT molecular complexity index is 767. The fraction of sp³-hybridized carbons (Fsp3) is 0.200. The highest BCUT2D eigenvalue weighted by molar-refractivity contribution is 7.12. The van der Waals surface area contributed by atoms with Crippen LogP contribution < -0.4 is 5.32 Å². The predicted molar refractivity (Wildman–Crippen MR) is 82.4 cm³/mol. The van der Waals surface area contributed by atoms with E-state index in [1.165, 1.54) is 11.3 Å². The van der Waals surface area contributed by atoms with E-state index < -0.39 is 0 Å². The van der Waals surface area contributed by atoms with Gasteiger partial charge in [0.25, 0.3) is 11.8 Å². The molecule has 0 radical (unpaired) electrons. The van der Waals surface area contributed by atoms with Gasteiger partial charge in [-0.25, -0.2) is 4.98 Å². The first kappa shape index (κ1) is 14.4. The monoisotopic (exact) mass is 314 g/mol. The van der Waals surface area contributed by atoms with Gasteiger partial charge in [-0.1, -0.05) is 42.4 Å². The van der Waals surface area contributed by atoms with Crippen molar-refractivity contribution in [1.29, 1.82) is 0 Å². The Morgan fingerprint density at radius 2 is 2.09 bits per heavy atom. The van der Waals surface area contributed by atoms with Crippen molar-refractivity contribution in [1.82, 2.24) is 20.4 Å². The minimum Gasteiger partial charge on any atom is -0.346 e. The highest BCUT2D eigenvalue weighted by Crippen LogP contribution is 2.20. The molecule has 0 saturated carbocycles. The molecular weight excluding hydrogens is 300 g/mol. The molecule has 0 saturated heterocycles. The van der Waals surface area contributed by atoms with Crippen LogP contribution in [0, 0.1) is 0 Å². The number of aryl methyl sites for hydroxylation is 1. The van der Waals surface area contributed by atoms with Crippen molar-refractivity contribution in [3.05, 3.63) is 52.1 Å². The molecule has 2 heterocycles. The summed E-state index contributed by atoms with van der Waals surface area (Å²) in [5, 5.41) is 8.78. The van der Waals surface area contributed by atoms with E-state index in [2.05, 4.69) is 20.4 Å². The van der Waals surface area contributed by atoms with Crippen molar-refractivity contribution in [2.24, 2.45) is 0 Å². The van der Waals surface area contributed by atoms with Crippen LogP contribution in [0.5, 0.6) is 0 Å². The average Bonchev–Trinajstić information content (AvgIpc) is 3.22. The summed E-state index contributed by atoms with van der Waals surface area (Å²) in [6.45, 7) is 2.41. The lowest BCUT2D eigenvalue weighted by Crippen LogP contribution is -2.22. The van der Waals surface area contributed by atoms with E-state index in [0.717, 1.165) is 5.56 Å². The van der Waals surface area contributed by atoms with Crippen molar-refractivity contribution >= 4 is 17.2 Å². The molecule has 3 aromatic rings. The van der Waals surface area contributed by atoms with Crippen molar-refractivity contribution < 1.29 is 9.32 Å². The summed E-state index contributed by atoms with van der Waals surface area (Å²) in [5.41, 5.74) is 1.57. The fourth-order valence-electron chi connectivity index (χ4n) is 1.83. The molecule has 0 spiro atoms. The Labute approximate surface area is 131 Å². The maximum absolute atomic E-state index is 12.1. The molecule has 0 unspecified atom stereocenters. The lowest BCUT2D eigenvalue weighted by molar-refractivity contribution is 0.0950. The van der Waals surface area contributed by atoms with Gasteiger partial charge in [0.05, 0.1) is 0 Å². The van der Waals surface area contributed by atoms with Gasteiger partial charge in [-0.15, -0.1) is 11.3 Å². The zero-order chi connectivity index (χ0) is 15.4. The molecule has 3 rings (SSSR count). The van der Waals surface area contributed by atoms with Crippen LogP contribution in [0.3, 0.4) is 0 Å². The van der Waals surface area contributed by atoms with Gasteiger partial charge in [-0.2, -0.15) is 4.98 Å². The molecule has 0 fully saturated rings.